The molecule has 112 valence electrons. The number of carbonyl (C=O) groups is 1. The second-order valence-electron chi connectivity index (χ2n) is 6.60. The van der Waals surface area contributed by atoms with Crippen molar-refractivity contribution in [2.24, 2.45) is 11.3 Å². The van der Waals surface area contributed by atoms with Gasteiger partial charge in [0.15, 0.2) is 8.32 Å². The van der Waals surface area contributed by atoms with Crippen LogP contribution in [0.3, 0.4) is 0 Å². The Morgan fingerprint density at radius 1 is 1.16 bits per heavy atom. The van der Waals surface area contributed by atoms with Crippen molar-refractivity contribution in [2.45, 2.75) is 71.7 Å². The predicted molar refractivity (Wildman–Crippen MR) is 80.6 cm³/mol. The summed E-state index contributed by atoms with van der Waals surface area (Å²) >= 11 is 0. The predicted octanol–water partition coefficient (Wildman–Crippen LogP) is 3.99. The molecule has 0 aromatic rings. The van der Waals surface area contributed by atoms with Crippen LogP contribution in [0.25, 0.3) is 0 Å². The molecule has 1 saturated carbocycles. The van der Waals surface area contributed by atoms with Crippen LogP contribution >= 0.6 is 0 Å². The minimum atomic E-state index is -1.65. The molecule has 4 heteroatoms. The van der Waals surface area contributed by atoms with E-state index in [0.717, 1.165) is 31.0 Å². The van der Waals surface area contributed by atoms with E-state index < -0.39 is 8.32 Å². The highest BCUT2D eigenvalue weighted by Gasteiger charge is 2.47. The topological polar surface area (TPSA) is 35.5 Å². The highest BCUT2D eigenvalue weighted by Crippen LogP contribution is 2.45. The Balaban J connectivity index is 2.87. The molecule has 0 aromatic carbocycles. The zero-order valence-electron chi connectivity index (χ0n) is 13.4. The Bertz CT molecular complexity index is 302. The summed E-state index contributed by atoms with van der Waals surface area (Å²) in [4.78, 5) is 12.0. The van der Waals surface area contributed by atoms with Gasteiger partial charge in [-0.2, -0.15) is 0 Å². The summed E-state index contributed by atoms with van der Waals surface area (Å²) in [6.45, 7) is 11.1. The molecule has 0 unspecified atom stereocenters. The smallest absolute Gasteiger partial charge is 0.311 e. The van der Waals surface area contributed by atoms with E-state index in [1.54, 1.807) is 0 Å². The first kappa shape index (κ1) is 16.7. The van der Waals surface area contributed by atoms with Gasteiger partial charge in [-0.15, -0.1) is 0 Å². The van der Waals surface area contributed by atoms with Gasteiger partial charge in [-0.1, -0.05) is 34.6 Å². The van der Waals surface area contributed by atoms with E-state index in [0.29, 0.717) is 0 Å². The van der Waals surface area contributed by atoms with Gasteiger partial charge in [0.05, 0.1) is 19.1 Å². The van der Waals surface area contributed by atoms with E-state index in [9.17, 15) is 4.79 Å². The molecule has 0 radical (unpaired) electrons. The van der Waals surface area contributed by atoms with Gasteiger partial charge in [0.2, 0.25) is 0 Å². The summed E-state index contributed by atoms with van der Waals surface area (Å²) in [5.41, 5.74) is 0.179. The van der Waals surface area contributed by atoms with Crippen LogP contribution < -0.4 is 0 Å². The zero-order chi connectivity index (χ0) is 14.7. The van der Waals surface area contributed by atoms with Crippen LogP contribution in [-0.2, 0) is 14.0 Å². The SMILES string of the molecule is CC[Si](CC)(CC)O[C@H]1CC(C)(C)C[C@@H]1C(=O)OC. The van der Waals surface area contributed by atoms with Crippen molar-refractivity contribution in [3.8, 4) is 0 Å². The van der Waals surface area contributed by atoms with Crippen molar-refractivity contribution in [1.29, 1.82) is 0 Å². The molecule has 0 heterocycles. The summed E-state index contributed by atoms with van der Waals surface area (Å²) in [7, 11) is -0.172. The van der Waals surface area contributed by atoms with Crippen LogP contribution in [-0.4, -0.2) is 27.5 Å². The Kier molecular flexibility index (Phi) is 5.62. The Morgan fingerprint density at radius 3 is 2.11 bits per heavy atom. The molecule has 0 aromatic heterocycles. The molecule has 0 amide bonds. The zero-order valence-corrected chi connectivity index (χ0v) is 14.4. The first-order valence-electron chi connectivity index (χ1n) is 7.58. The van der Waals surface area contributed by atoms with Crippen molar-refractivity contribution >= 4 is 14.3 Å². The third kappa shape index (κ3) is 3.82. The fraction of sp³-hybridized carbons (Fsp3) is 0.933. The lowest BCUT2D eigenvalue weighted by Gasteiger charge is -2.33. The van der Waals surface area contributed by atoms with E-state index >= 15 is 0 Å². The molecule has 1 aliphatic carbocycles. The molecular weight excluding hydrogens is 256 g/mol. The lowest BCUT2D eigenvalue weighted by Crippen LogP contribution is -2.42. The largest absolute Gasteiger partial charge is 0.469 e. The van der Waals surface area contributed by atoms with Gasteiger partial charge in [-0.05, 0) is 36.4 Å². The number of carbonyl (C=O) groups excluding carboxylic acids is 1. The number of esters is 1. The normalized spacial score (nSPS) is 26.4. The fourth-order valence-corrected chi connectivity index (χ4v) is 6.22. The van der Waals surface area contributed by atoms with Gasteiger partial charge in [0.1, 0.15) is 0 Å². The van der Waals surface area contributed by atoms with Gasteiger partial charge in [0.25, 0.3) is 0 Å². The Labute approximate surface area is 119 Å². The van der Waals surface area contributed by atoms with E-state index in [2.05, 4.69) is 34.6 Å². The van der Waals surface area contributed by atoms with Crippen LogP contribution in [0.15, 0.2) is 0 Å². The molecular formula is C15H30O3Si. The Hall–Kier alpha value is -0.353. The van der Waals surface area contributed by atoms with Crippen LogP contribution in [0, 0.1) is 11.3 Å². The minimum absolute atomic E-state index is 0.0639. The average molecular weight is 286 g/mol. The van der Waals surface area contributed by atoms with E-state index in [1.807, 2.05) is 0 Å². The van der Waals surface area contributed by atoms with Gasteiger partial charge in [-0.25, -0.2) is 0 Å². The highest BCUT2D eigenvalue weighted by molar-refractivity contribution is 6.73. The first-order valence-corrected chi connectivity index (χ1v) is 10.1. The summed E-state index contributed by atoms with van der Waals surface area (Å²) in [6, 6.07) is 3.39. The maximum Gasteiger partial charge on any atom is 0.311 e. The highest BCUT2D eigenvalue weighted by atomic mass is 28.4. The number of hydrogen-bond acceptors (Lipinski definition) is 3. The molecule has 2 atom stereocenters. The second kappa shape index (κ2) is 6.40. The summed E-state index contributed by atoms with van der Waals surface area (Å²) in [6.07, 6.45) is 1.92. The molecule has 19 heavy (non-hydrogen) atoms. The lowest BCUT2D eigenvalue weighted by molar-refractivity contribution is -0.148. The van der Waals surface area contributed by atoms with Crippen LogP contribution in [0.2, 0.25) is 18.1 Å². The average Bonchev–Trinajstić information content (AvgIpc) is 2.70. The van der Waals surface area contributed by atoms with E-state index in [1.165, 1.54) is 7.11 Å². The van der Waals surface area contributed by atoms with Gasteiger partial charge < -0.3 is 9.16 Å². The third-order valence-corrected chi connectivity index (χ3v) is 9.48. The molecule has 0 aliphatic heterocycles. The van der Waals surface area contributed by atoms with Crippen LogP contribution in [0.4, 0.5) is 0 Å². The van der Waals surface area contributed by atoms with Crippen LogP contribution in [0.5, 0.6) is 0 Å². The maximum atomic E-state index is 12.0. The number of rotatable bonds is 6. The fourth-order valence-electron chi connectivity index (χ4n) is 3.33. The third-order valence-electron chi connectivity index (χ3n) is 4.81. The number of methoxy groups -OCH3 is 1. The van der Waals surface area contributed by atoms with Crippen molar-refractivity contribution in [2.75, 3.05) is 7.11 Å². The van der Waals surface area contributed by atoms with E-state index in [-0.39, 0.29) is 23.4 Å². The van der Waals surface area contributed by atoms with E-state index in [4.69, 9.17) is 9.16 Å². The monoisotopic (exact) mass is 286 g/mol. The maximum absolute atomic E-state index is 12.0. The Morgan fingerprint density at radius 2 is 1.68 bits per heavy atom. The van der Waals surface area contributed by atoms with Crippen molar-refractivity contribution < 1.29 is 14.0 Å². The molecule has 0 saturated heterocycles. The summed E-state index contributed by atoms with van der Waals surface area (Å²) in [5.74, 6) is -0.168. The minimum Gasteiger partial charge on any atom is -0.469 e. The van der Waals surface area contributed by atoms with Gasteiger partial charge in [0, 0.05) is 0 Å². The molecule has 1 rings (SSSR count). The number of hydrogen-bond donors (Lipinski definition) is 0. The van der Waals surface area contributed by atoms with Crippen molar-refractivity contribution in [3.05, 3.63) is 0 Å². The van der Waals surface area contributed by atoms with Crippen LogP contribution in [0.1, 0.15) is 47.5 Å². The molecule has 0 bridgehead atoms. The molecule has 3 nitrogen and oxygen atoms in total. The standard InChI is InChI=1S/C15H30O3Si/c1-7-19(8-2,9-3)18-13-11-15(4,5)10-12(13)14(16)17-6/h12-13H,7-11H2,1-6H3/t12-,13-/m0/s1. The molecule has 1 aliphatic rings. The summed E-state index contributed by atoms with van der Waals surface area (Å²) < 4.78 is 11.5. The molecule has 1 fully saturated rings. The lowest BCUT2D eigenvalue weighted by atomic mass is 9.91. The van der Waals surface area contributed by atoms with Crippen molar-refractivity contribution in [1.82, 2.24) is 0 Å². The van der Waals surface area contributed by atoms with Crippen molar-refractivity contribution in [3.63, 3.8) is 0 Å². The van der Waals surface area contributed by atoms with Gasteiger partial charge in [-0.3, -0.25) is 4.79 Å². The van der Waals surface area contributed by atoms with Gasteiger partial charge >= 0.3 is 5.97 Å². The molecule has 0 N–H and O–H groups in total. The summed E-state index contributed by atoms with van der Waals surface area (Å²) in [5, 5.41) is 0. The quantitative estimate of drug-likeness (QED) is 0.547. The molecule has 0 spiro atoms. The second-order valence-corrected chi connectivity index (χ2v) is 11.3. The number of ether oxygens (including phenoxy) is 1. The first-order chi connectivity index (χ1) is 8.83.